The zero-order chi connectivity index (χ0) is 18.9. The van der Waals surface area contributed by atoms with Gasteiger partial charge in [-0.3, -0.25) is 14.7 Å². The van der Waals surface area contributed by atoms with Crippen LogP contribution in [0.15, 0.2) is 42.0 Å². The van der Waals surface area contributed by atoms with Crippen LogP contribution in [0.5, 0.6) is 0 Å². The van der Waals surface area contributed by atoms with Gasteiger partial charge in [-0.15, -0.1) is 11.3 Å². The van der Waals surface area contributed by atoms with Gasteiger partial charge in [-0.1, -0.05) is 6.07 Å². The third-order valence-corrected chi connectivity index (χ3v) is 4.59. The van der Waals surface area contributed by atoms with Crippen molar-refractivity contribution < 1.29 is 24.6 Å². The normalized spacial score (nSPS) is 14.2. The van der Waals surface area contributed by atoms with Crippen LogP contribution < -0.4 is 0 Å². The van der Waals surface area contributed by atoms with Crippen molar-refractivity contribution in [2.45, 2.75) is 6.54 Å². The fourth-order valence-electron chi connectivity index (χ4n) is 2.41. The molecule has 1 aliphatic rings. The molecule has 0 spiro atoms. The highest BCUT2D eigenvalue weighted by molar-refractivity contribution is 7.12. The molecule has 3 heterocycles. The Bertz CT molecular complexity index is 716. The maximum absolute atomic E-state index is 12.2. The van der Waals surface area contributed by atoms with Gasteiger partial charge in [0.05, 0.1) is 4.88 Å². The van der Waals surface area contributed by atoms with Gasteiger partial charge in [0.15, 0.2) is 0 Å². The number of carbonyl (C=O) groups is 3. The zero-order valence-corrected chi connectivity index (χ0v) is 14.8. The summed E-state index contributed by atoms with van der Waals surface area (Å²) in [7, 11) is 0. The monoisotopic (exact) mass is 377 g/mol. The van der Waals surface area contributed by atoms with Crippen LogP contribution in [-0.4, -0.2) is 69.0 Å². The highest BCUT2D eigenvalue weighted by atomic mass is 32.1. The Labute approximate surface area is 154 Å². The summed E-state index contributed by atoms with van der Waals surface area (Å²) in [6, 6.07) is 7.92. The minimum atomic E-state index is -1.82. The Morgan fingerprint density at radius 1 is 1.00 bits per heavy atom. The molecule has 2 N–H and O–H groups in total. The summed E-state index contributed by atoms with van der Waals surface area (Å²) in [6.07, 6.45) is 3.65. The van der Waals surface area contributed by atoms with Crippen LogP contribution in [0.3, 0.4) is 0 Å². The van der Waals surface area contributed by atoms with E-state index in [9.17, 15) is 4.79 Å². The Hall–Kier alpha value is -2.78. The maximum Gasteiger partial charge on any atom is 0.414 e. The predicted molar refractivity (Wildman–Crippen MR) is 95.0 cm³/mol. The van der Waals surface area contributed by atoms with Crippen molar-refractivity contribution in [2.24, 2.45) is 0 Å². The standard InChI is InChI=1S/C15H17N3OS.C2H2O4/c19-15(14-2-1-11-20-14)18-9-7-17(8-10-18)12-13-3-5-16-6-4-13;3-1(4)2(5)6/h1-6,11H,7-10,12H2;(H,3,4)(H,5,6). The molecule has 2 aromatic heterocycles. The molecular weight excluding hydrogens is 358 g/mol. The van der Waals surface area contributed by atoms with E-state index >= 15 is 0 Å². The SMILES string of the molecule is O=C(O)C(=O)O.O=C(c1cccs1)N1CCN(Cc2ccncc2)CC1. The number of nitrogens with zero attached hydrogens (tertiary/aromatic N) is 3. The molecule has 8 nitrogen and oxygen atoms in total. The number of amides is 1. The molecule has 1 fully saturated rings. The van der Waals surface area contributed by atoms with Crippen molar-refractivity contribution >= 4 is 29.2 Å². The van der Waals surface area contributed by atoms with Crippen molar-refractivity contribution in [3.05, 3.63) is 52.5 Å². The second-order valence-electron chi connectivity index (χ2n) is 5.51. The van der Waals surface area contributed by atoms with Crippen LogP contribution in [0.4, 0.5) is 0 Å². The van der Waals surface area contributed by atoms with Crippen molar-refractivity contribution in [2.75, 3.05) is 26.2 Å². The van der Waals surface area contributed by atoms with Crippen LogP contribution in [0.1, 0.15) is 15.2 Å². The van der Waals surface area contributed by atoms with Gasteiger partial charge in [-0.2, -0.15) is 0 Å². The van der Waals surface area contributed by atoms with Gasteiger partial charge >= 0.3 is 11.9 Å². The van der Waals surface area contributed by atoms with Gasteiger partial charge in [0.1, 0.15) is 0 Å². The Morgan fingerprint density at radius 3 is 2.12 bits per heavy atom. The van der Waals surface area contributed by atoms with Crippen molar-refractivity contribution in [3.8, 4) is 0 Å². The minimum absolute atomic E-state index is 0.170. The van der Waals surface area contributed by atoms with Crippen LogP contribution in [-0.2, 0) is 16.1 Å². The number of aromatic nitrogens is 1. The molecule has 2 aromatic rings. The highest BCUT2D eigenvalue weighted by Crippen LogP contribution is 2.14. The number of pyridine rings is 1. The van der Waals surface area contributed by atoms with Crippen LogP contribution >= 0.6 is 11.3 Å². The lowest BCUT2D eigenvalue weighted by Gasteiger charge is -2.34. The van der Waals surface area contributed by atoms with Crippen LogP contribution in [0.25, 0.3) is 0 Å². The van der Waals surface area contributed by atoms with Gasteiger partial charge in [-0.25, -0.2) is 9.59 Å². The smallest absolute Gasteiger partial charge is 0.414 e. The predicted octanol–water partition coefficient (Wildman–Crippen LogP) is 1.26. The molecule has 0 bridgehead atoms. The first-order valence-electron chi connectivity index (χ1n) is 7.87. The van der Waals surface area contributed by atoms with E-state index in [1.807, 2.05) is 46.9 Å². The van der Waals surface area contributed by atoms with Gasteiger partial charge in [0.2, 0.25) is 0 Å². The number of carbonyl (C=O) groups excluding carboxylic acids is 1. The second kappa shape index (κ2) is 9.64. The summed E-state index contributed by atoms with van der Waals surface area (Å²) in [4.78, 5) is 39.6. The van der Waals surface area contributed by atoms with Gasteiger partial charge in [0, 0.05) is 45.1 Å². The van der Waals surface area contributed by atoms with E-state index in [1.165, 1.54) is 16.9 Å². The van der Waals surface area contributed by atoms with E-state index in [4.69, 9.17) is 19.8 Å². The molecule has 3 rings (SSSR count). The Kier molecular flexibility index (Phi) is 7.24. The molecule has 0 radical (unpaired) electrons. The first-order valence-corrected chi connectivity index (χ1v) is 8.75. The number of aliphatic carboxylic acids is 2. The highest BCUT2D eigenvalue weighted by Gasteiger charge is 2.22. The van der Waals surface area contributed by atoms with Crippen molar-refractivity contribution in [1.82, 2.24) is 14.8 Å². The molecule has 138 valence electrons. The molecular formula is C17H19N3O5S. The number of carboxylic acid groups (broad SMARTS) is 2. The molecule has 0 aliphatic carbocycles. The fraction of sp³-hybridized carbons (Fsp3) is 0.294. The van der Waals surface area contributed by atoms with Gasteiger partial charge < -0.3 is 15.1 Å². The minimum Gasteiger partial charge on any atom is -0.473 e. The number of carboxylic acids is 2. The second-order valence-corrected chi connectivity index (χ2v) is 6.46. The molecule has 9 heteroatoms. The molecule has 0 atom stereocenters. The summed E-state index contributed by atoms with van der Waals surface area (Å²) in [5, 5.41) is 16.7. The maximum atomic E-state index is 12.2. The Morgan fingerprint density at radius 2 is 1.62 bits per heavy atom. The van der Waals surface area contributed by atoms with E-state index in [0.717, 1.165) is 37.6 Å². The van der Waals surface area contributed by atoms with Crippen molar-refractivity contribution in [1.29, 1.82) is 0 Å². The lowest BCUT2D eigenvalue weighted by atomic mass is 10.2. The molecule has 26 heavy (non-hydrogen) atoms. The lowest BCUT2D eigenvalue weighted by molar-refractivity contribution is -0.159. The van der Waals surface area contributed by atoms with E-state index < -0.39 is 11.9 Å². The summed E-state index contributed by atoms with van der Waals surface area (Å²) >= 11 is 1.52. The van der Waals surface area contributed by atoms with E-state index in [-0.39, 0.29) is 5.91 Å². The third kappa shape index (κ3) is 5.94. The van der Waals surface area contributed by atoms with E-state index in [2.05, 4.69) is 9.88 Å². The first-order chi connectivity index (χ1) is 12.5. The van der Waals surface area contributed by atoms with Crippen LogP contribution in [0, 0.1) is 0 Å². The largest absolute Gasteiger partial charge is 0.473 e. The van der Waals surface area contributed by atoms with Gasteiger partial charge in [0.25, 0.3) is 5.91 Å². The molecule has 0 unspecified atom stereocenters. The summed E-state index contributed by atoms with van der Waals surface area (Å²) in [6.45, 7) is 4.41. The molecule has 1 aliphatic heterocycles. The number of thiophene rings is 1. The van der Waals surface area contributed by atoms with E-state index in [0.29, 0.717) is 0 Å². The molecule has 1 amide bonds. The topological polar surface area (TPSA) is 111 Å². The molecule has 1 saturated heterocycles. The number of hydrogen-bond donors (Lipinski definition) is 2. The average Bonchev–Trinajstić information content (AvgIpc) is 3.18. The molecule has 0 saturated carbocycles. The third-order valence-electron chi connectivity index (χ3n) is 3.73. The lowest BCUT2D eigenvalue weighted by Crippen LogP contribution is -2.48. The van der Waals surface area contributed by atoms with Crippen molar-refractivity contribution in [3.63, 3.8) is 0 Å². The summed E-state index contributed by atoms with van der Waals surface area (Å²) in [5.41, 5.74) is 1.28. The summed E-state index contributed by atoms with van der Waals surface area (Å²) < 4.78 is 0. The summed E-state index contributed by atoms with van der Waals surface area (Å²) in [5.74, 6) is -3.48. The number of piperazine rings is 1. The molecule has 0 aromatic carbocycles. The first kappa shape index (κ1) is 19.5. The number of rotatable bonds is 3. The van der Waals surface area contributed by atoms with E-state index in [1.54, 1.807) is 0 Å². The average molecular weight is 377 g/mol. The zero-order valence-electron chi connectivity index (χ0n) is 13.9. The quantitative estimate of drug-likeness (QED) is 0.775. The fourth-order valence-corrected chi connectivity index (χ4v) is 3.10. The Balaban J connectivity index is 0.000000352. The number of hydrogen-bond acceptors (Lipinski definition) is 6. The van der Waals surface area contributed by atoms with Gasteiger partial charge in [-0.05, 0) is 29.1 Å². The van der Waals surface area contributed by atoms with Crippen LogP contribution in [0.2, 0.25) is 0 Å².